The van der Waals surface area contributed by atoms with Crippen molar-refractivity contribution in [3.8, 4) is 0 Å². The largest absolute Gasteiger partial charge is 0.489 e. The molecule has 94 valence electrons. The number of nitrogens with one attached hydrogen (secondary N) is 2. The monoisotopic (exact) mass is 256 g/mol. The molecule has 0 aliphatic carbocycles. The second-order valence-corrected chi connectivity index (χ2v) is 4.27. The summed E-state index contributed by atoms with van der Waals surface area (Å²) in [6, 6.07) is 5.23. The van der Waals surface area contributed by atoms with Crippen LogP contribution in [0.3, 0.4) is 0 Å². The second kappa shape index (κ2) is 7.69. The van der Waals surface area contributed by atoms with Gasteiger partial charge in [-0.1, -0.05) is 23.7 Å². The van der Waals surface area contributed by atoms with Crippen molar-refractivity contribution in [1.82, 2.24) is 10.6 Å². The Morgan fingerprint density at radius 3 is 2.65 bits per heavy atom. The van der Waals surface area contributed by atoms with Crippen molar-refractivity contribution >= 4 is 24.2 Å². The third-order valence-corrected chi connectivity index (χ3v) is 2.78. The Labute approximate surface area is 107 Å². The molecular weight excluding hydrogens is 238 g/mol. The summed E-state index contributed by atoms with van der Waals surface area (Å²) in [6.07, 6.45) is 1.07. The molecule has 0 atom stereocenters. The maximum Gasteiger partial charge on any atom is 0.489 e. The highest BCUT2D eigenvalue weighted by atomic mass is 35.5. The normalized spacial score (nSPS) is 10.6. The molecule has 0 saturated heterocycles. The highest BCUT2D eigenvalue weighted by Gasteiger charge is 2.14. The Kier molecular flexibility index (Phi) is 6.54. The summed E-state index contributed by atoms with van der Waals surface area (Å²) in [4.78, 5) is 0. The molecule has 1 rings (SSSR count). The molecule has 6 heteroatoms. The maximum atomic E-state index is 9.02. The number of rotatable bonds is 7. The van der Waals surface area contributed by atoms with Crippen molar-refractivity contribution < 1.29 is 10.0 Å². The molecule has 4 nitrogen and oxygen atoms in total. The van der Waals surface area contributed by atoms with Crippen molar-refractivity contribution in [2.75, 3.05) is 20.1 Å². The van der Waals surface area contributed by atoms with Crippen LogP contribution < -0.4 is 16.1 Å². The summed E-state index contributed by atoms with van der Waals surface area (Å²) < 4.78 is 0. The van der Waals surface area contributed by atoms with Crippen LogP contribution in [0.4, 0.5) is 0 Å². The molecule has 0 saturated carbocycles. The average Bonchev–Trinajstić information content (AvgIpc) is 2.28. The number of hydrogen-bond acceptors (Lipinski definition) is 4. The molecule has 4 N–H and O–H groups in total. The zero-order valence-corrected chi connectivity index (χ0v) is 10.7. The van der Waals surface area contributed by atoms with Crippen LogP contribution in [-0.4, -0.2) is 37.3 Å². The van der Waals surface area contributed by atoms with E-state index in [2.05, 4.69) is 10.6 Å². The van der Waals surface area contributed by atoms with Crippen LogP contribution in [0.5, 0.6) is 0 Å². The minimum atomic E-state index is -1.51. The van der Waals surface area contributed by atoms with Gasteiger partial charge in [0.2, 0.25) is 0 Å². The Balaban J connectivity index is 2.42. The molecule has 0 aliphatic heterocycles. The van der Waals surface area contributed by atoms with Crippen molar-refractivity contribution in [3.63, 3.8) is 0 Å². The summed E-state index contributed by atoms with van der Waals surface area (Å²) in [7, 11) is 0.416. The third kappa shape index (κ3) is 5.06. The third-order valence-electron chi connectivity index (χ3n) is 2.45. The van der Waals surface area contributed by atoms with E-state index in [1.165, 1.54) is 0 Å². The zero-order chi connectivity index (χ0) is 12.7. The molecule has 0 radical (unpaired) electrons. The van der Waals surface area contributed by atoms with Gasteiger partial charge in [0.05, 0.1) is 0 Å². The Morgan fingerprint density at radius 2 is 2.06 bits per heavy atom. The van der Waals surface area contributed by atoms with Crippen LogP contribution >= 0.6 is 11.6 Å². The van der Waals surface area contributed by atoms with E-state index in [1.54, 1.807) is 12.1 Å². The highest BCUT2D eigenvalue weighted by Crippen LogP contribution is 2.09. The first-order valence-corrected chi connectivity index (χ1v) is 6.02. The van der Waals surface area contributed by atoms with Gasteiger partial charge in [0, 0.05) is 17.0 Å². The second-order valence-electron chi connectivity index (χ2n) is 3.86. The van der Waals surface area contributed by atoms with E-state index < -0.39 is 7.12 Å². The van der Waals surface area contributed by atoms with Crippen molar-refractivity contribution in [2.45, 2.75) is 13.0 Å². The molecule has 0 heterocycles. The Hall–Kier alpha value is -0.585. The summed E-state index contributed by atoms with van der Waals surface area (Å²) in [5.74, 6) is 0. The fraction of sp³-hybridized carbons (Fsp3) is 0.455. The molecule has 17 heavy (non-hydrogen) atoms. The van der Waals surface area contributed by atoms with Crippen LogP contribution in [-0.2, 0) is 6.54 Å². The molecular formula is C11H18BClN2O2. The topological polar surface area (TPSA) is 64.5 Å². The quantitative estimate of drug-likeness (QED) is 0.400. The molecule has 1 aromatic rings. The lowest BCUT2D eigenvalue weighted by Gasteiger charge is -2.08. The summed E-state index contributed by atoms with van der Waals surface area (Å²) in [5, 5.41) is 24.8. The minimum absolute atomic E-state index is 0.339. The van der Waals surface area contributed by atoms with Crippen LogP contribution in [0.25, 0.3) is 0 Å². The number of halogens is 1. The average molecular weight is 257 g/mol. The smallest absolute Gasteiger partial charge is 0.423 e. The first kappa shape index (κ1) is 14.5. The highest BCUT2D eigenvalue weighted by molar-refractivity contribution is 6.62. The van der Waals surface area contributed by atoms with E-state index >= 15 is 0 Å². The van der Waals surface area contributed by atoms with Crippen LogP contribution in [0.15, 0.2) is 18.2 Å². The van der Waals surface area contributed by atoms with Gasteiger partial charge in [0.15, 0.2) is 0 Å². The van der Waals surface area contributed by atoms with Crippen LogP contribution in [0, 0.1) is 0 Å². The van der Waals surface area contributed by atoms with Gasteiger partial charge >= 0.3 is 7.12 Å². The number of benzene rings is 1. The lowest BCUT2D eigenvalue weighted by molar-refractivity contribution is 0.426. The van der Waals surface area contributed by atoms with Gasteiger partial charge in [-0.15, -0.1) is 0 Å². The number of hydrogen-bond donors (Lipinski definition) is 4. The summed E-state index contributed by atoms with van der Waals surface area (Å²) >= 11 is 5.93. The van der Waals surface area contributed by atoms with Gasteiger partial charge in [-0.3, -0.25) is 0 Å². The van der Waals surface area contributed by atoms with Gasteiger partial charge in [0.25, 0.3) is 0 Å². The van der Waals surface area contributed by atoms with Gasteiger partial charge in [-0.05, 0) is 38.2 Å². The lowest BCUT2D eigenvalue weighted by Crippen LogP contribution is -2.31. The Bertz CT molecular complexity index is 350. The van der Waals surface area contributed by atoms with Gasteiger partial charge in [-0.2, -0.15) is 0 Å². The SMILES string of the molecule is CNCCCNCc1ccc(B(O)O)c(Cl)c1. The van der Waals surface area contributed by atoms with Gasteiger partial charge < -0.3 is 20.7 Å². The summed E-state index contributed by atoms with van der Waals surface area (Å²) in [5.41, 5.74) is 1.37. The molecule has 0 amide bonds. The molecule has 0 fully saturated rings. The van der Waals surface area contributed by atoms with Gasteiger partial charge in [0.1, 0.15) is 0 Å². The van der Waals surface area contributed by atoms with E-state index in [1.807, 2.05) is 13.1 Å². The van der Waals surface area contributed by atoms with Crippen molar-refractivity contribution in [3.05, 3.63) is 28.8 Å². The predicted molar refractivity (Wildman–Crippen MR) is 71.5 cm³/mol. The minimum Gasteiger partial charge on any atom is -0.423 e. The molecule has 0 unspecified atom stereocenters. The van der Waals surface area contributed by atoms with E-state index in [-0.39, 0.29) is 0 Å². The Morgan fingerprint density at radius 1 is 1.29 bits per heavy atom. The fourth-order valence-corrected chi connectivity index (χ4v) is 1.81. The first-order valence-electron chi connectivity index (χ1n) is 5.65. The van der Waals surface area contributed by atoms with Crippen molar-refractivity contribution in [2.24, 2.45) is 0 Å². The maximum absolute atomic E-state index is 9.02. The zero-order valence-electron chi connectivity index (χ0n) is 9.91. The van der Waals surface area contributed by atoms with E-state index in [4.69, 9.17) is 21.6 Å². The van der Waals surface area contributed by atoms with Crippen LogP contribution in [0.2, 0.25) is 5.02 Å². The van der Waals surface area contributed by atoms with Crippen molar-refractivity contribution in [1.29, 1.82) is 0 Å². The summed E-state index contributed by atoms with van der Waals surface area (Å²) in [6.45, 7) is 2.65. The predicted octanol–water partition coefficient (Wildman–Crippen LogP) is -0.281. The van der Waals surface area contributed by atoms with Crippen LogP contribution in [0.1, 0.15) is 12.0 Å². The van der Waals surface area contributed by atoms with Gasteiger partial charge in [-0.25, -0.2) is 0 Å². The fourth-order valence-electron chi connectivity index (χ4n) is 1.51. The molecule has 0 aromatic heterocycles. The van der Waals surface area contributed by atoms with E-state index in [0.29, 0.717) is 10.5 Å². The lowest BCUT2D eigenvalue weighted by atomic mass is 9.80. The molecule has 0 bridgehead atoms. The molecule has 0 spiro atoms. The molecule has 0 aliphatic rings. The standard InChI is InChI=1S/C11H18BClN2O2/c1-14-5-2-6-15-8-9-3-4-10(12(16)17)11(13)7-9/h3-4,7,14-17H,2,5-6,8H2,1H3. The first-order chi connectivity index (χ1) is 8.15. The molecule has 1 aromatic carbocycles. The van der Waals surface area contributed by atoms with E-state index in [9.17, 15) is 0 Å². The van der Waals surface area contributed by atoms with E-state index in [0.717, 1.165) is 31.6 Å².